The molecule has 0 unspecified atom stereocenters. The molecule has 0 saturated heterocycles. The summed E-state index contributed by atoms with van der Waals surface area (Å²) >= 11 is 0. The number of rotatable bonds is 20. The van der Waals surface area contributed by atoms with E-state index in [1.54, 1.807) is 0 Å². The Bertz CT molecular complexity index is 422. The van der Waals surface area contributed by atoms with Crippen LogP contribution in [-0.2, 0) is 14.3 Å². The predicted octanol–water partition coefficient (Wildman–Crippen LogP) is 7.36. The van der Waals surface area contributed by atoms with Crippen LogP contribution in [0.4, 0.5) is 0 Å². The van der Waals surface area contributed by atoms with Gasteiger partial charge in [-0.15, -0.1) is 0 Å². The summed E-state index contributed by atoms with van der Waals surface area (Å²) in [5.41, 5.74) is 0. The van der Waals surface area contributed by atoms with Crippen molar-refractivity contribution in [1.29, 1.82) is 0 Å². The molecule has 0 aliphatic carbocycles. The Morgan fingerprint density at radius 2 is 1.14 bits per heavy atom. The second kappa shape index (κ2) is 18.9. The minimum absolute atomic E-state index is 0.388. The summed E-state index contributed by atoms with van der Waals surface area (Å²) in [7, 11) is -1.20. The molecule has 0 radical (unpaired) electrons. The summed E-state index contributed by atoms with van der Waals surface area (Å²) in [5.74, 6) is -1.69. The highest BCUT2D eigenvalue weighted by atomic mass is 28.3. The maximum atomic E-state index is 11.4. The summed E-state index contributed by atoms with van der Waals surface area (Å²) in [6.07, 6.45) is 17.3. The van der Waals surface area contributed by atoms with E-state index in [1.807, 2.05) is 0 Å². The van der Waals surface area contributed by atoms with Crippen LogP contribution in [0.3, 0.4) is 0 Å². The number of unbranched alkanes of at least 4 members (excludes halogenated alkanes) is 8. The summed E-state index contributed by atoms with van der Waals surface area (Å²) in [6.45, 7) is 7.28. The van der Waals surface area contributed by atoms with Gasteiger partial charge in [-0.2, -0.15) is 0 Å². The molecule has 0 atom stereocenters. The largest absolute Gasteiger partial charge is 0.478 e. The smallest absolute Gasteiger partial charge is 0.331 e. The lowest BCUT2D eigenvalue weighted by molar-refractivity contribution is -0.138. The molecule has 0 heterocycles. The molecule has 0 rings (SSSR count). The minimum Gasteiger partial charge on any atom is -0.478 e. The van der Waals surface area contributed by atoms with E-state index in [2.05, 4.69) is 20.8 Å². The molecule has 0 aromatic heterocycles. The maximum absolute atomic E-state index is 11.4. The quantitative estimate of drug-likeness (QED) is 0.0955. The Hall–Kier alpha value is -1.10. The van der Waals surface area contributed by atoms with Crippen molar-refractivity contribution in [3.8, 4) is 0 Å². The van der Waals surface area contributed by atoms with Gasteiger partial charge in [-0.05, 0) is 6.42 Å². The Morgan fingerprint density at radius 3 is 1.55 bits per heavy atom. The SMILES string of the molecule is CCCCC[Si](CCCCC)(CCCCC)CCCCCOC(=O)/C=C/C(=O)O. The van der Waals surface area contributed by atoms with Crippen molar-refractivity contribution < 1.29 is 19.4 Å². The second-order valence-electron chi connectivity index (χ2n) is 8.52. The zero-order valence-corrected chi connectivity index (χ0v) is 20.3. The van der Waals surface area contributed by atoms with Crippen molar-refractivity contribution in [3.63, 3.8) is 0 Å². The number of ether oxygens (including phenoxy) is 1. The molecule has 0 aliphatic rings. The third-order valence-corrected chi connectivity index (χ3v) is 11.5. The van der Waals surface area contributed by atoms with Gasteiger partial charge in [-0.3, -0.25) is 0 Å². The van der Waals surface area contributed by atoms with Crippen LogP contribution in [0.25, 0.3) is 0 Å². The van der Waals surface area contributed by atoms with Gasteiger partial charge >= 0.3 is 11.9 Å². The number of carboxylic acid groups (broad SMARTS) is 1. The lowest BCUT2D eigenvalue weighted by atomic mass is 10.2. The number of carboxylic acids is 1. The maximum Gasteiger partial charge on any atom is 0.331 e. The Kier molecular flexibility index (Phi) is 18.2. The van der Waals surface area contributed by atoms with Crippen molar-refractivity contribution >= 4 is 20.0 Å². The Labute approximate surface area is 180 Å². The zero-order chi connectivity index (χ0) is 21.8. The fraction of sp³-hybridized carbons (Fsp3) is 0.833. The van der Waals surface area contributed by atoms with Crippen molar-refractivity contribution in [1.82, 2.24) is 0 Å². The van der Waals surface area contributed by atoms with Gasteiger partial charge in [0.25, 0.3) is 0 Å². The molecule has 1 N–H and O–H groups in total. The van der Waals surface area contributed by atoms with Gasteiger partial charge in [0.2, 0.25) is 0 Å². The van der Waals surface area contributed by atoms with Gasteiger partial charge in [-0.25, -0.2) is 9.59 Å². The molecule has 0 saturated carbocycles. The van der Waals surface area contributed by atoms with Gasteiger partial charge in [0.05, 0.1) is 14.7 Å². The number of esters is 1. The average Bonchev–Trinajstić information content (AvgIpc) is 2.69. The van der Waals surface area contributed by atoms with E-state index in [4.69, 9.17) is 9.84 Å². The van der Waals surface area contributed by atoms with Crippen LogP contribution >= 0.6 is 0 Å². The number of hydrogen-bond donors (Lipinski definition) is 1. The van der Waals surface area contributed by atoms with E-state index in [9.17, 15) is 9.59 Å². The van der Waals surface area contributed by atoms with Crippen LogP contribution in [-0.4, -0.2) is 31.7 Å². The number of hydrogen-bond acceptors (Lipinski definition) is 3. The highest BCUT2D eigenvalue weighted by molar-refractivity contribution is 6.79. The molecule has 5 heteroatoms. The predicted molar refractivity (Wildman–Crippen MR) is 125 cm³/mol. The third-order valence-electron chi connectivity index (χ3n) is 5.89. The van der Waals surface area contributed by atoms with E-state index in [-0.39, 0.29) is 0 Å². The molecule has 0 aromatic rings. The van der Waals surface area contributed by atoms with Gasteiger partial charge in [0.1, 0.15) is 0 Å². The van der Waals surface area contributed by atoms with Crippen molar-refractivity contribution in [2.24, 2.45) is 0 Å². The number of aliphatic carboxylic acids is 1. The first-order valence-corrected chi connectivity index (χ1v) is 14.9. The molecule has 0 bridgehead atoms. The van der Waals surface area contributed by atoms with Gasteiger partial charge in [0.15, 0.2) is 0 Å². The molecular formula is C24H46O4Si. The molecule has 0 aromatic carbocycles. The van der Waals surface area contributed by atoms with Gasteiger partial charge in [0, 0.05) is 12.2 Å². The molecular weight excluding hydrogens is 380 g/mol. The van der Waals surface area contributed by atoms with Crippen LogP contribution < -0.4 is 0 Å². The summed E-state index contributed by atoms with van der Waals surface area (Å²) in [5, 5.41) is 8.52. The highest BCUT2D eigenvalue weighted by Gasteiger charge is 2.30. The lowest BCUT2D eigenvalue weighted by Gasteiger charge is -2.33. The first-order valence-electron chi connectivity index (χ1n) is 12.1. The van der Waals surface area contributed by atoms with Gasteiger partial charge < -0.3 is 9.84 Å². The first-order chi connectivity index (χ1) is 14.0. The normalized spacial score (nSPS) is 11.8. The molecule has 4 nitrogen and oxygen atoms in total. The molecule has 0 fully saturated rings. The summed E-state index contributed by atoms with van der Waals surface area (Å²) in [4.78, 5) is 21.8. The van der Waals surface area contributed by atoms with E-state index in [0.29, 0.717) is 6.61 Å². The molecule has 0 spiro atoms. The Morgan fingerprint density at radius 1 is 0.690 bits per heavy atom. The third kappa shape index (κ3) is 16.4. The van der Waals surface area contributed by atoms with Crippen molar-refractivity contribution in [3.05, 3.63) is 12.2 Å². The van der Waals surface area contributed by atoms with Crippen LogP contribution in [0.5, 0.6) is 0 Å². The van der Waals surface area contributed by atoms with Crippen LogP contribution in [0, 0.1) is 0 Å². The fourth-order valence-corrected chi connectivity index (χ4v) is 9.64. The van der Waals surface area contributed by atoms with Crippen LogP contribution in [0.2, 0.25) is 24.2 Å². The van der Waals surface area contributed by atoms with Crippen molar-refractivity contribution in [2.45, 2.75) is 122 Å². The lowest BCUT2D eigenvalue weighted by Crippen LogP contribution is -2.34. The molecule has 0 amide bonds. The first kappa shape index (κ1) is 27.9. The van der Waals surface area contributed by atoms with E-state index >= 15 is 0 Å². The highest BCUT2D eigenvalue weighted by Crippen LogP contribution is 2.34. The Balaban J connectivity index is 4.49. The van der Waals surface area contributed by atoms with Crippen molar-refractivity contribution in [2.75, 3.05) is 6.61 Å². The van der Waals surface area contributed by atoms with E-state index in [0.717, 1.165) is 25.0 Å². The van der Waals surface area contributed by atoms with Crippen LogP contribution in [0.15, 0.2) is 12.2 Å². The minimum atomic E-state index is -1.20. The molecule has 0 aliphatic heterocycles. The average molecular weight is 427 g/mol. The summed E-state index contributed by atoms with van der Waals surface area (Å²) < 4.78 is 5.09. The zero-order valence-electron chi connectivity index (χ0n) is 19.3. The monoisotopic (exact) mass is 426 g/mol. The fourth-order valence-electron chi connectivity index (χ4n) is 4.14. The topological polar surface area (TPSA) is 63.6 Å². The van der Waals surface area contributed by atoms with E-state index < -0.39 is 20.0 Å². The number of carbonyl (C=O) groups is 2. The summed E-state index contributed by atoms with van der Waals surface area (Å²) in [6, 6.07) is 5.94. The van der Waals surface area contributed by atoms with E-state index in [1.165, 1.54) is 88.4 Å². The van der Waals surface area contributed by atoms with Crippen LogP contribution in [0.1, 0.15) is 97.8 Å². The number of carbonyl (C=O) groups excluding carboxylic acids is 1. The molecule has 29 heavy (non-hydrogen) atoms. The second-order valence-corrected chi connectivity index (χ2v) is 13.5. The van der Waals surface area contributed by atoms with Gasteiger partial charge in [-0.1, -0.05) is 116 Å². The standard InChI is InChI=1S/C24H46O4Si/c1-4-7-12-19-29(20-13-8-5-2,21-14-9-6-3)22-15-10-11-18-28-24(27)17-16-23(25)26/h16-17H,4-15,18-22H2,1-3H3,(H,25,26)/b17-16+. The molecule has 170 valence electrons.